The van der Waals surface area contributed by atoms with E-state index in [2.05, 4.69) is 5.32 Å². The van der Waals surface area contributed by atoms with Gasteiger partial charge in [-0.1, -0.05) is 36.4 Å². The van der Waals surface area contributed by atoms with E-state index in [1.807, 2.05) is 0 Å². The van der Waals surface area contributed by atoms with Crippen molar-refractivity contribution in [2.75, 3.05) is 24.0 Å². The first-order valence-corrected chi connectivity index (χ1v) is 8.79. The van der Waals surface area contributed by atoms with Gasteiger partial charge in [0.2, 0.25) is 0 Å². The summed E-state index contributed by atoms with van der Waals surface area (Å²) >= 11 is 15.0. The average Bonchev–Trinajstić information content (AvgIpc) is 3.20. The monoisotopic (exact) mass is 500 g/mol. The molecule has 0 aliphatic carbocycles. The third-order valence-electron chi connectivity index (χ3n) is 3.57. The molecule has 0 saturated carbocycles. The van der Waals surface area contributed by atoms with Crippen molar-refractivity contribution in [1.82, 2.24) is 4.90 Å². The molecular formula is C20H16Cl3KN2O4. The number of rotatable bonds is 3. The van der Waals surface area contributed by atoms with Gasteiger partial charge in [-0.15, -0.1) is 34.8 Å². The molecule has 6 nitrogen and oxygen atoms in total. The molecule has 2 aromatic carbocycles. The van der Waals surface area contributed by atoms with Gasteiger partial charge in [0.15, 0.2) is 0 Å². The quantitative estimate of drug-likeness (QED) is 0.361. The van der Waals surface area contributed by atoms with Crippen LogP contribution in [0.1, 0.15) is 52.4 Å². The van der Waals surface area contributed by atoms with Gasteiger partial charge in [-0.3, -0.25) is 14.5 Å². The summed E-state index contributed by atoms with van der Waals surface area (Å²) in [7, 11) is 0. The first-order chi connectivity index (χ1) is 16.7. The van der Waals surface area contributed by atoms with Crippen molar-refractivity contribution < 1.29 is 81.5 Å². The molecule has 0 unspecified atom stereocenters. The maximum absolute atomic E-state index is 11.9. The Labute approximate surface area is 242 Å². The van der Waals surface area contributed by atoms with Crippen molar-refractivity contribution in [3.63, 3.8) is 0 Å². The fourth-order valence-corrected chi connectivity index (χ4v) is 2.49. The van der Waals surface area contributed by atoms with Crippen molar-refractivity contribution in [2.24, 2.45) is 0 Å². The van der Waals surface area contributed by atoms with Crippen molar-refractivity contribution in [3.8, 4) is 0 Å². The predicted molar refractivity (Wildman–Crippen MR) is 112 cm³/mol. The Morgan fingerprint density at radius 1 is 0.700 bits per heavy atom. The molecule has 152 valence electrons. The van der Waals surface area contributed by atoms with Crippen molar-refractivity contribution >= 4 is 58.4 Å². The number of halogens is 3. The molecule has 0 bridgehead atoms. The summed E-state index contributed by atoms with van der Waals surface area (Å²) in [6.45, 7) is -2.93. The Bertz CT molecular complexity index is 1170. The number of amides is 4. The molecule has 2 aliphatic rings. The second-order valence-electron chi connectivity index (χ2n) is 5.15. The van der Waals surface area contributed by atoms with Crippen molar-refractivity contribution in [3.05, 3.63) is 76.1 Å². The standard InChI is InChI=1S/C10H8ClNO2.C8H5NO2.C2H4Cl2.K/c11-5-6-12-9(13)7-3-1-2-4-8(7)10(12)14;10-7-5-3-1-2-4-6(5)8(11)9-7;3-1-2-4;/h1-4H,5-6H2;1-4H,(H,9,10,11);1-2H2;/q;;;+1/p-1/i5D2,6D2;;1D2,2D2;. The van der Waals surface area contributed by atoms with E-state index in [-0.39, 0.29) is 67.4 Å². The van der Waals surface area contributed by atoms with Crippen LogP contribution in [0, 0.1) is 0 Å². The van der Waals surface area contributed by atoms with E-state index < -0.39 is 47.6 Å². The number of fused-ring (bicyclic) bond motifs is 2. The van der Waals surface area contributed by atoms with Crippen molar-refractivity contribution in [2.45, 2.75) is 0 Å². The van der Waals surface area contributed by atoms with Crippen LogP contribution in [0.3, 0.4) is 0 Å². The van der Waals surface area contributed by atoms with Gasteiger partial charge in [-0.2, -0.15) is 0 Å². The van der Waals surface area contributed by atoms with Crippen LogP contribution in [-0.2, 0) is 0 Å². The van der Waals surface area contributed by atoms with Crippen LogP contribution in [0.5, 0.6) is 0 Å². The molecule has 0 saturated heterocycles. The van der Waals surface area contributed by atoms with E-state index in [9.17, 15) is 19.2 Å². The maximum Gasteiger partial charge on any atom is 1.00 e. The normalized spacial score (nSPS) is 19.1. The number of hydrogen-bond acceptors (Lipinski definition) is 4. The van der Waals surface area contributed by atoms with Gasteiger partial charge in [-0.25, -0.2) is 0 Å². The third-order valence-corrected chi connectivity index (χ3v) is 3.95. The summed E-state index contributed by atoms with van der Waals surface area (Å²) in [5, 5.41) is 3.28. The molecule has 2 aromatic rings. The van der Waals surface area contributed by atoms with E-state index in [4.69, 9.17) is 45.8 Å². The van der Waals surface area contributed by atoms with E-state index in [1.165, 1.54) is 12.1 Å². The topological polar surface area (TPSA) is 85.6 Å². The molecule has 0 atom stereocenters. The van der Waals surface area contributed by atoms with Gasteiger partial charge in [0.05, 0.1) is 25.7 Å². The second kappa shape index (κ2) is 13.6. The SMILES string of the molecule is O=C1[N-]C(=O)c2ccccc21.[2H]C([2H])(Cl)C([2H])([2H])Cl.[2H]C([2H])(Cl)C([2H])([2H])N1C(=O)c2ccccc2C1=O.[K+]. The zero-order valence-electron chi connectivity index (χ0n) is 23.3. The molecule has 4 amide bonds. The van der Waals surface area contributed by atoms with Crippen LogP contribution in [0.25, 0.3) is 5.32 Å². The summed E-state index contributed by atoms with van der Waals surface area (Å²) < 4.78 is 55.5. The first-order valence-electron chi connectivity index (χ1n) is 11.7. The molecular weight excluding hydrogens is 478 g/mol. The Balaban J connectivity index is 0.000000309. The minimum Gasteiger partial charge on any atom is -0.587 e. The zero-order valence-corrected chi connectivity index (χ0v) is 20.7. The second-order valence-corrected chi connectivity index (χ2v) is 5.72. The Morgan fingerprint density at radius 3 is 1.40 bits per heavy atom. The van der Waals surface area contributed by atoms with Gasteiger partial charge in [-0.05, 0) is 12.1 Å². The van der Waals surface area contributed by atoms with E-state index in [1.54, 1.807) is 36.4 Å². The first kappa shape index (κ1) is 16.8. The Kier molecular flexibility index (Phi) is 7.62. The Hall–Kier alpha value is -0.774. The van der Waals surface area contributed by atoms with Gasteiger partial charge in [0.25, 0.3) is 11.8 Å². The smallest absolute Gasteiger partial charge is 0.587 e. The zero-order chi connectivity index (χ0) is 28.6. The molecule has 0 fully saturated rings. The minimum absolute atomic E-state index is 0. The summed E-state index contributed by atoms with van der Waals surface area (Å²) in [6, 6.07) is 12.5. The molecule has 30 heavy (non-hydrogen) atoms. The van der Waals surface area contributed by atoms with Gasteiger partial charge < -0.3 is 14.9 Å². The third kappa shape index (κ3) is 6.61. The molecule has 4 rings (SSSR count). The molecule has 2 heterocycles. The number of imide groups is 2. The van der Waals surface area contributed by atoms with Crippen LogP contribution in [0.2, 0.25) is 0 Å². The maximum atomic E-state index is 11.9. The summed E-state index contributed by atoms with van der Waals surface area (Å²) in [5.74, 6) is -10.5. The molecule has 0 spiro atoms. The van der Waals surface area contributed by atoms with Gasteiger partial charge in [0, 0.05) is 43.3 Å². The summed E-state index contributed by atoms with van der Waals surface area (Å²) in [4.78, 5) is 45.9. The molecule has 2 aliphatic heterocycles. The molecule has 0 N–H and O–H groups in total. The van der Waals surface area contributed by atoms with Gasteiger partial charge >= 0.3 is 51.4 Å². The van der Waals surface area contributed by atoms with Crippen LogP contribution >= 0.6 is 34.8 Å². The van der Waals surface area contributed by atoms with E-state index in [0.717, 1.165) is 0 Å². The minimum atomic E-state index is -2.93. The van der Waals surface area contributed by atoms with E-state index in [0.29, 0.717) is 11.1 Å². The van der Waals surface area contributed by atoms with E-state index >= 15 is 0 Å². The van der Waals surface area contributed by atoms with Crippen LogP contribution in [0.15, 0.2) is 48.5 Å². The number of alkyl halides is 3. The summed E-state index contributed by atoms with van der Waals surface area (Å²) in [5.41, 5.74) is 0.926. The molecule has 0 aromatic heterocycles. The number of nitrogens with zero attached hydrogens (tertiary/aromatic N) is 2. The largest absolute Gasteiger partial charge is 1.00 e. The molecule has 10 heteroatoms. The number of carbonyl (C=O) groups is 4. The van der Waals surface area contributed by atoms with Crippen molar-refractivity contribution in [1.29, 1.82) is 0 Å². The number of hydrogen-bond donors (Lipinski definition) is 0. The van der Waals surface area contributed by atoms with Crippen LogP contribution < -0.4 is 51.4 Å². The average molecular weight is 502 g/mol. The number of carbonyl (C=O) groups excluding carboxylic acids is 4. The van der Waals surface area contributed by atoms with Crippen LogP contribution in [-0.4, -0.2) is 52.5 Å². The Morgan fingerprint density at radius 2 is 1.07 bits per heavy atom. The fourth-order valence-electron chi connectivity index (χ4n) is 2.40. The van der Waals surface area contributed by atoms with Crippen LogP contribution in [0.4, 0.5) is 0 Å². The predicted octanol–water partition coefficient (Wildman–Crippen LogP) is 1.34. The summed E-state index contributed by atoms with van der Waals surface area (Å²) in [6.07, 6.45) is 0. The fraction of sp³-hybridized carbons (Fsp3) is 0.200. The molecule has 0 radical (unpaired) electrons. The van der Waals surface area contributed by atoms with Gasteiger partial charge in [0.1, 0.15) is 0 Å². The number of benzene rings is 2.